The van der Waals surface area contributed by atoms with Crippen LogP contribution in [0.15, 0.2) is 69.3 Å². The molecule has 1 fully saturated rings. The molecule has 0 unspecified atom stereocenters. The fourth-order valence-electron chi connectivity index (χ4n) is 4.48. The highest BCUT2D eigenvalue weighted by molar-refractivity contribution is 7.91. The van der Waals surface area contributed by atoms with Crippen molar-refractivity contribution in [1.82, 2.24) is 14.3 Å². The minimum atomic E-state index is -3.96. The van der Waals surface area contributed by atoms with E-state index in [2.05, 4.69) is 4.90 Å². The van der Waals surface area contributed by atoms with Crippen LogP contribution in [0.1, 0.15) is 12.0 Å². The molecular formula is C25H28N5O4S+. The number of nitrogens with two attached hydrogens (primary N) is 1. The smallest absolute Gasteiger partial charge is 0.278 e. The number of sulfone groups is 1. The number of pyridine rings is 2. The van der Waals surface area contributed by atoms with Crippen molar-refractivity contribution in [2.24, 2.45) is 0 Å². The number of ether oxygens (including phenoxy) is 1. The van der Waals surface area contributed by atoms with E-state index in [9.17, 15) is 13.2 Å². The number of nitrogen functional groups attached to an aromatic ring is 1. The van der Waals surface area contributed by atoms with Crippen LogP contribution in [0, 0.1) is 6.92 Å². The van der Waals surface area contributed by atoms with Crippen LogP contribution in [0.3, 0.4) is 0 Å². The lowest BCUT2D eigenvalue weighted by atomic mass is 10.2. The van der Waals surface area contributed by atoms with Gasteiger partial charge in [-0.2, -0.15) is 0 Å². The van der Waals surface area contributed by atoms with Gasteiger partial charge >= 0.3 is 0 Å². The standard InChI is InChI=1S/C25H27N5O4S/c1-18-8-9-22-27-24-20(25(31)30(22)17-18)16-21(35(32,33)19-6-3-2-4-7-19)23(26)29(24)11-5-10-28-12-14-34-15-13-28/h2-4,6-9,16-17,26H,5,10-15H2,1H3/p+1. The molecule has 4 heterocycles. The van der Waals surface area contributed by atoms with E-state index in [0.717, 1.165) is 25.2 Å². The first-order valence-electron chi connectivity index (χ1n) is 11.6. The lowest BCUT2D eigenvalue weighted by molar-refractivity contribution is -0.660. The fraction of sp³-hybridized carbons (Fsp3) is 0.320. The second kappa shape index (κ2) is 9.37. The predicted molar refractivity (Wildman–Crippen MR) is 132 cm³/mol. The van der Waals surface area contributed by atoms with Gasteiger partial charge in [-0.25, -0.2) is 13.0 Å². The molecule has 0 saturated carbocycles. The Bertz CT molecular complexity index is 1560. The molecule has 1 aliphatic heterocycles. The lowest BCUT2D eigenvalue weighted by Crippen LogP contribution is -2.44. The molecule has 35 heavy (non-hydrogen) atoms. The summed E-state index contributed by atoms with van der Waals surface area (Å²) in [5.74, 6) is 0.0756. The number of fused-ring (bicyclic) bond motifs is 2. The highest BCUT2D eigenvalue weighted by Crippen LogP contribution is 2.26. The van der Waals surface area contributed by atoms with Gasteiger partial charge in [0.25, 0.3) is 11.2 Å². The Labute approximate surface area is 203 Å². The number of benzene rings is 1. The molecule has 10 heteroatoms. The van der Waals surface area contributed by atoms with E-state index in [1.165, 1.54) is 22.6 Å². The number of aryl methyl sites for hydroxylation is 2. The zero-order chi connectivity index (χ0) is 24.6. The normalized spacial score (nSPS) is 15.1. The summed E-state index contributed by atoms with van der Waals surface area (Å²) in [6.07, 6.45) is 2.42. The van der Waals surface area contributed by atoms with Gasteiger partial charge in [0.15, 0.2) is 0 Å². The molecule has 0 amide bonds. The number of anilines is 1. The van der Waals surface area contributed by atoms with Crippen molar-refractivity contribution < 1.29 is 17.7 Å². The minimum absolute atomic E-state index is 0.0756. The molecule has 0 aliphatic carbocycles. The number of nitrogens with zero attached hydrogens (tertiary/aromatic N) is 4. The van der Waals surface area contributed by atoms with E-state index >= 15 is 0 Å². The average Bonchev–Trinajstić information content (AvgIpc) is 2.87. The first-order chi connectivity index (χ1) is 16.9. The molecule has 9 nitrogen and oxygen atoms in total. The molecule has 5 rings (SSSR count). The van der Waals surface area contributed by atoms with Crippen LogP contribution in [0.2, 0.25) is 0 Å². The van der Waals surface area contributed by atoms with E-state index in [4.69, 9.17) is 15.5 Å². The molecule has 0 atom stereocenters. The molecule has 182 valence electrons. The molecule has 1 saturated heterocycles. The Morgan fingerprint density at radius 3 is 2.60 bits per heavy atom. The highest BCUT2D eigenvalue weighted by atomic mass is 32.2. The monoisotopic (exact) mass is 494 g/mol. The quantitative estimate of drug-likeness (QED) is 0.320. The first-order valence-corrected chi connectivity index (χ1v) is 13.1. The Morgan fingerprint density at radius 1 is 1.11 bits per heavy atom. The molecular weight excluding hydrogens is 466 g/mol. The number of rotatable bonds is 6. The van der Waals surface area contributed by atoms with Crippen molar-refractivity contribution >= 4 is 32.3 Å². The Morgan fingerprint density at radius 2 is 1.86 bits per heavy atom. The van der Waals surface area contributed by atoms with Gasteiger partial charge in [0, 0.05) is 25.8 Å². The first kappa shape index (κ1) is 23.4. The molecule has 0 radical (unpaired) electrons. The summed E-state index contributed by atoms with van der Waals surface area (Å²) in [7, 11) is -3.96. The molecule has 1 aromatic carbocycles. The van der Waals surface area contributed by atoms with Crippen molar-refractivity contribution in [3.63, 3.8) is 0 Å². The van der Waals surface area contributed by atoms with Gasteiger partial charge in [0.2, 0.25) is 21.3 Å². The van der Waals surface area contributed by atoms with Crippen LogP contribution in [-0.4, -0.2) is 55.6 Å². The SMILES string of the molecule is Cc1ccc2nc3c(cc(S(=O)(=O)c4ccccc4)c(N)[n+]3CCCN3CCOCC3)c(=O)n2c1. The predicted octanol–water partition coefficient (Wildman–Crippen LogP) is 1.58. The Hall–Kier alpha value is -3.34. The molecule has 0 spiro atoms. The van der Waals surface area contributed by atoms with Gasteiger partial charge in [-0.3, -0.25) is 14.1 Å². The topological polar surface area (TPSA) is 111 Å². The number of morpholine rings is 1. The lowest BCUT2D eigenvalue weighted by Gasteiger charge is -2.26. The zero-order valence-corrected chi connectivity index (χ0v) is 20.4. The van der Waals surface area contributed by atoms with Gasteiger partial charge in [-0.15, -0.1) is 0 Å². The molecule has 0 bridgehead atoms. The summed E-state index contributed by atoms with van der Waals surface area (Å²) in [5, 5.41) is 0.211. The van der Waals surface area contributed by atoms with E-state index in [1.54, 1.807) is 35.0 Å². The number of aromatic nitrogens is 3. The van der Waals surface area contributed by atoms with Crippen LogP contribution >= 0.6 is 0 Å². The van der Waals surface area contributed by atoms with Crippen LogP contribution in [0.4, 0.5) is 5.82 Å². The largest absolute Gasteiger partial charge is 0.379 e. The Balaban J connectivity index is 1.68. The third kappa shape index (κ3) is 4.40. The van der Waals surface area contributed by atoms with Crippen molar-refractivity contribution in [2.75, 3.05) is 38.6 Å². The van der Waals surface area contributed by atoms with E-state index < -0.39 is 9.84 Å². The summed E-state index contributed by atoms with van der Waals surface area (Å²) in [5.41, 5.74) is 7.93. The maximum Gasteiger partial charge on any atom is 0.278 e. The number of hydrogen-bond acceptors (Lipinski definition) is 7. The third-order valence-electron chi connectivity index (χ3n) is 6.36. The summed E-state index contributed by atoms with van der Waals surface area (Å²) in [6.45, 7) is 6.22. The van der Waals surface area contributed by atoms with Gasteiger partial charge in [-0.1, -0.05) is 29.2 Å². The van der Waals surface area contributed by atoms with E-state index in [0.29, 0.717) is 37.5 Å². The second-order valence-electron chi connectivity index (χ2n) is 8.76. The molecule has 4 aromatic rings. The van der Waals surface area contributed by atoms with Crippen LogP contribution in [-0.2, 0) is 21.1 Å². The van der Waals surface area contributed by atoms with Crippen molar-refractivity contribution in [1.29, 1.82) is 0 Å². The highest BCUT2D eigenvalue weighted by Gasteiger charge is 2.29. The van der Waals surface area contributed by atoms with Crippen LogP contribution in [0.25, 0.3) is 16.7 Å². The summed E-state index contributed by atoms with van der Waals surface area (Å²) in [6, 6.07) is 13.1. The van der Waals surface area contributed by atoms with E-state index in [-0.39, 0.29) is 26.6 Å². The summed E-state index contributed by atoms with van der Waals surface area (Å²) >= 11 is 0. The Kier molecular flexibility index (Phi) is 6.26. The van der Waals surface area contributed by atoms with Crippen molar-refractivity contribution in [2.45, 2.75) is 29.7 Å². The van der Waals surface area contributed by atoms with Crippen LogP contribution in [0.5, 0.6) is 0 Å². The molecule has 2 N–H and O–H groups in total. The second-order valence-corrected chi connectivity index (χ2v) is 10.7. The van der Waals surface area contributed by atoms with Gasteiger partial charge in [-0.05, 0) is 43.2 Å². The molecule has 3 aromatic heterocycles. The summed E-state index contributed by atoms with van der Waals surface area (Å²) < 4.78 is 35.7. The van der Waals surface area contributed by atoms with Crippen LogP contribution < -0.4 is 15.9 Å². The number of hydrogen-bond donors (Lipinski definition) is 1. The maximum absolute atomic E-state index is 13.6. The van der Waals surface area contributed by atoms with Gasteiger partial charge < -0.3 is 10.5 Å². The maximum atomic E-state index is 13.6. The van der Waals surface area contributed by atoms with Gasteiger partial charge in [0.1, 0.15) is 10.3 Å². The molecule has 1 aliphatic rings. The van der Waals surface area contributed by atoms with Crippen molar-refractivity contribution in [3.8, 4) is 0 Å². The zero-order valence-electron chi connectivity index (χ0n) is 19.6. The van der Waals surface area contributed by atoms with Crippen molar-refractivity contribution in [3.05, 3.63) is 70.6 Å². The summed E-state index contributed by atoms with van der Waals surface area (Å²) in [4.78, 5) is 20.5. The average molecular weight is 495 g/mol. The van der Waals surface area contributed by atoms with Gasteiger partial charge in [0.05, 0.1) is 24.7 Å². The third-order valence-corrected chi connectivity index (χ3v) is 8.16. The minimum Gasteiger partial charge on any atom is -0.379 e. The van der Waals surface area contributed by atoms with E-state index in [1.807, 2.05) is 13.0 Å². The fourth-order valence-corrected chi connectivity index (χ4v) is 5.90.